The van der Waals surface area contributed by atoms with Crippen molar-refractivity contribution in [3.8, 4) is 17.1 Å². The minimum atomic E-state index is -0.0623. The van der Waals surface area contributed by atoms with Crippen LogP contribution in [0.25, 0.3) is 11.4 Å². The average Bonchev–Trinajstić information content (AvgIpc) is 3.45. The fraction of sp³-hybridized carbons (Fsp3) is 0.400. The lowest BCUT2D eigenvalue weighted by atomic mass is 10.1. The van der Waals surface area contributed by atoms with Crippen molar-refractivity contribution in [1.29, 1.82) is 0 Å². The summed E-state index contributed by atoms with van der Waals surface area (Å²) in [5.74, 6) is 1.74. The van der Waals surface area contributed by atoms with Gasteiger partial charge in [-0.3, -0.25) is 9.36 Å². The summed E-state index contributed by atoms with van der Waals surface area (Å²) in [6.07, 6.45) is 2.20. The van der Waals surface area contributed by atoms with Crippen LogP contribution in [-0.2, 0) is 16.1 Å². The third-order valence-electron chi connectivity index (χ3n) is 5.75. The van der Waals surface area contributed by atoms with Crippen LogP contribution >= 0.6 is 11.8 Å². The Morgan fingerprint density at radius 2 is 1.91 bits per heavy atom. The third kappa shape index (κ3) is 5.57. The second kappa shape index (κ2) is 10.4. The summed E-state index contributed by atoms with van der Waals surface area (Å²) in [5, 5.41) is 12.6. The van der Waals surface area contributed by atoms with Crippen LogP contribution in [0, 0.1) is 20.8 Å². The highest BCUT2D eigenvalue weighted by Crippen LogP contribution is 2.28. The largest absolute Gasteiger partial charge is 0.497 e. The Kier molecular flexibility index (Phi) is 7.35. The molecule has 1 saturated heterocycles. The summed E-state index contributed by atoms with van der Waals surface area (Å²) < 4.78 is 13.2. The molecule has 7 nitrogen and oxygen atoms in total. The molecule has 33 heavy (non-hydrogen) atoms. The number of amides is 1. The molecule has 1 fully saturated rings. The zero-order chi connectivity index (χ0) is 23.4. The standard InChI is InChI=1S/C25H30N4O3S/c1-16-12-17(2)23(18(3)13-16)26-22(30)15-33-25-28-27-24(19-7-9-20(31-4)10-8-19)29(25)14-21-6-5-11-32-21/h7-10,12-13,21H,5-6,11,14-15H2,1-4H3,(H,26,30). The predicted octanol–water partition coefficient (Wildman–Crippen LogP) is 4.79. The number of aromatic nitrogens is 3. The Balaban J connectivity index is 1.51. The van der Waals surface area contributed by atoms with E-state index in [9.17, 15) is 4.79 Å². The molecule has 1 atom stereocenters. The predicted molar refractivity (Wildman–Crippen MR) is 131 cm³/mol. The number of benzene rings is 2. The highest BCUT2D eigenvalue weighted by atomic mass is 32.2. The Morgan fingerprint density at radius 3 is 2.55 bits per heavy atom. The maximum absolute atomic E-state index is 12.8. The number of nitrogens with zero attached hydrogens (tertiary/aromatic N) is 3. The summed E-state index contributed by atoms with van der Waals surface area (Å²) >= 11 is 1.39. The van der Waals surface area contributed by atoms with Gasteiger partial charge in [0.05, 0.1) is 25.5 Å². The normalized spacial score (nSPS) is 15.6. The number of carbonyl (C=O) groups excluding carboxylic acids is 1. The Hall–Kier alpha value is -2.84. The van der Waals surface area contributed by atoms with Gasteiger partial charge in [-0.15, -0.1) is 10.2 Å². The minimum Gasteiger partial charge on any atom is -0.497 e. The highest BCUT2D eigenvalue weighted by Gasteiger charge is 2.22. The van der Waals surface area contributed by atoms with E-state index in [-0.39, 0.29) is 17.8 Å². The van der Waals surface area contributed by atoms with Crippen LogP contribution in [0.1, 0.15) is 29.5 Å². The molecule has 1 amide bonds. The molecule has 2 heterocycles. The van der Waals surface area contributed by atoms with Gasteiger partial charge in [0.15, 0.2) is 11.0 Å². The van der Waals surface area contributed by atoms with E-state index in [0.717, 1.165) is 53.4 Å². The lowest BCUT2D eigenvalue weighted by molar-refractivity contribution is -0.113. The van der Waals surface area contributed by atoms with Gasteiger partial charge in [0, 0.05) is 17.9 Å². The third-order valence-corrected chi connectivity index (χ3v) is 6.72. The summed E-state index contributed by atoms with van der Waals surface area (Å²) in [5.41, 5.74) is 5.14. The van der Waals surface area contributed by atoms with E-state index in [2.05, 4.69) is 39.1 Å². The molecule has 8 heteroatoms. The number of methoxy groups -OCH3 is 1. The van der Waals surface area contributed by atoms with Crippen molar-refractivity contribution in [2.45, 2.75) is 51.4 Å². The molecule has 1 aliphatic rings. The van der Waals surface area contributed by atoms with Gasteiger partial charge in [0.1, 0.15) is 5.75 Å². The molecule has 0 saturated carbocycles. The van der Waals surface area contributed by atoms with Gasteiger partial charge in [-0.1, -0.05) is 29.5 Å². The topological polar surface area (TPSA) is 78.3 Å². The molecule has 1 unspecified atom stereocenters. The summed E-state index contributed by atoms with van der Waals surface area (Å²) in [6.45, 7) is 7.53. The quantitative estimate of drug-likeness (QED) is 0.481. The first kappa shape index (κ1) is 23.3. The molecular formula is C25H30N4O3S. The van der Waals surface area contributed by atoms with Crippen molar-refractivity contribution < 1.29 is 14.3 Å². The maximum atomic E-state index is 12.8. The van der Waals surface area contributed by atoms with Crippen molar-refractivity contribution in [1.82, 2.24) is 14.8 Å². The zero-order valence-corrected chi connectivity index (χ0v) is 20.4. The number of carbonyl (C=O) groups is 1. The van der Waals surface area contributed by atoms with E-state index in [1.807, 2.05) is 38.1 Å². The lowest BCUT2D eigenvalue weighted by Gasteiger charge is -2.15. The lowest BCUT2D eigenvalue weighted by Crippen LogP contribution is -2.18. The van der Waals surface area contributed by atoms with Gasteiger partial charge >= 0.3 is 0 Å². The fourth-order valence-corrected chi connectivity index (χ4v) is 4.94. The highest BCUT2D eigenvalue weighted by molar-refractivity contribution is 7.99. The van der Waals surface area contributed by atoms with Gasteiger partial charge in [-0.2, -0.15) is 0 Å². The summed E-state index contributed by atoms with van der Waals surface area (Å²) in [6, 6.07) is 11.9. The number of rotatable bonds is 8. The second-order valence-electron chi connectivity index (χ2n) is 8.39. The first-order valence-corrected chi connectivity index (χ1v) is 12.1. The number of thioether (sulfide) groups is 1. The van der Waals surface area contributed by atoms with E-state index in [4.69, 9.17) is 9.47 Å². The number of aryl methyl sites for hydroxylation is 3. The van der Waals surface area contributed by atoms with Gasteiger partial charge in [0.2, 0.25) is 5.91 Å². The van der Waals surface area contributed by atoms with Crippen molar-refractivity contribution in [2.24, 2.45) is 0 Å². The summed E-state index contributed by atoms with van der Waals surface area (Å²) in [4.78, 5) is 12.8. The van der Waals surface area contributed by atoms with Crippen LogP contribution in [0.3, 0.4) is 0 Å². The minimum absolute atomic E-state index is 0.0623. The van der Waals surface area contributed by atoms with E-state index in [0.29, 0.717) is 11.7 Å². The molecule has 1 aliphatic heterocycles. The van der Waals surface area contributed by atoms with Crippen molar-refractivity contribution in [2.75, 3.05) is 24.8 Å². The molecule has 4 rings (SSSR count). The average molecular weight is 467 g/mol. The molecule has 3 aromatic rings. The number of ether oxygens (including phenoxy) is 2. The number of hydrogen-bond acceptors (Lipinski definition) is 6. The van der Waals surface area contributed by atoms with E-state index < -0.39 is 0 Å². The van der Waals surface area contributed by atoms with Crippen LogP contribution in [0.2, 0.25) is 0 Å². The van der Waals surface area contributed by atoms with Crippen molar-refractivity contribution >= 4 is 23.4 Å². The van der Waals surface area contributed by atoms with Gasteiger partial charge in [-0.05, 0) is 69.0 Å². The van der Waals surface area contributed by atoms with Crippen molar-refractivity contribution in [3.05, 3.63) is 53.1 Å². The van der Waals surface area contributed by atoms with Crippen LogP contribution in [0.4, 0.5) is 5.69 Å². The van der Waals surface area contributed by atoms with E-state index in [1.165, 1.54) is 17.3 Å². The number of nitrogens with one attached hydrogen (secondary N) is 1. The molecule has 174 valence electrons. The molecule has 2 aromatic carbocycles. The Bertz CT molecular complexity index is 1100. The number of hydrogen-bond donors (Lipinski definition) is 1. The van der Waals surface area contributed by atoms with Gasteiger partial charge in [-0.25, -0.2) is 0 Å². The van der Waals surface area contributed by atoms with Crippen LogP contribution in [-0.4, -0.2) is 46.2 Å². The summed E-state index contributed by atoms with van der Waals surface area (Å²) in [7, 11) is 1.65. The van der Waals surface area contributed by atoms with Gasteiger partial charge in [0.25, 0.3) is 0 Å². The van der Waals surface area contributed by atoms with Crippen LogP contribution < -0.4 is 10.1 Å². The molecular weight excluding hydrogens is 436 g/mol. The molecule has 1 N–H and O–H groups in total. The molecule has 1 aromatic heterocycles. The molecule has 0 aliphatic carbocycles. The monoisotopic (exact) mass is 466 g/mol. The Morgan fingerprint density at radius 1 is 1.18 bits per heavy atom. The Labute approximate surface area is 198 Å². The smallest absolute Gasteiger partial charge is 0.234 e. The van der Waals surface area contributed by atoms with Gasteiger partial charge < -0.3 is 14.8 Å². The van der Waals surface area contributed by atoms with Crippen molar-refractivity contribution in [3.63, 3.8) is 0 Å². The molecule has 0 bridgehead atoms. The van der Waals surface area contributed by atoms with Crippen LogP contribution in [0.15, 0.2) is 41.6 Å². The van der Waals surface area contributed by atoms with E-state index in [1.54, 1.807) is 7.11 Å². The zero-order valence-electron chi connectivity index (χ0n) is 19.6. The molecule has 0 spiro atoms. The second-order valence-corrected chi connectivity index (χ2v) is 9.33. The number of anilines is 1. The maximum Gasteiger partial charge on any atom is 0.234 e. The molecule has 0 radical (unpaired) electrons. The fourth-order valence-electron chi connectivity index (χ4n) is 4.19. The SMILES string of the molecule is COc1ccc(-c2nnc(SCC(=O)Nc3c(C)cc(C)cc3C)n2CC2CCCO2)cc1. The first-order valence-electron chi connectivity index (χ1n) is 11.1. The first-order chi connectivity index (χ1) is 15.9. The van der Waals surface area contributed by atoms with E-state index >= 15 is 0 Å². The van der Waals surface area contributed by atoms with Crippen LogP contribution in [0.5, 0.6) is 5.75 Å².